The lowest BCUT2D eigenvalue weighted by Crippen LogP contribution is -2.46. The SMILES string of the molecule is CCOc1c(/C(C)=C/C(=O)N2CCN(C)CC2)cc2c(-c3cccc(Br)c3)coc2c1C. The maximum Gasteiger partial charge on any atom is 0.246 e. The molecule has 0 N–H and O–H groups in total. The molecular formula is C26H29BrN2O3. The molecule has 0 spiro atoms. The second-order valence-electron chi connectivity index (χ2n) is 8.30. The van der Waals surface area contributed by atoms with Gasteiger partial charge in [0.25, 0.3) is 0 Å². The molecule has 0 saturated carbocycles. The molecule has 3 aromatic rings. The van der Waals surface area contributed by atoms with E-state index in [0.29, 0.717) is 6.61 Å². The normalized spacial score (nSPS) is 15.4. The number of hydrogen-bond acceptors (Lipinski definition) is 4. The Hall–Kier alpha value is -2.57. The van der Waals surface area contributed by atoms with Crippen molar-refractivity contribution in [2.45, 2.75) is 20.8 Å². The second-order valence-corrected chi connectivity index (χ2v) is 9.22. The molecule has 32 heavy (non-hydrogen) atoms. The molecule has 1 saturated heterocycles. The number of hydrogen-bond donors (Lipinski definition) is 0. The maximum absolute atomic E-state index is 12.9. The number of nitrogens with zero attached hydrogens (tertiary/aromatic N) is 2. The minimum Gasteiger partial charge on any atom is -0.493 e. The van der Waals surface area contributed by atoms with Crippen molar-refractivity contribution in [2.24, 2.45) is 0 Å². The van der Waals surface area contributed by atoms with Gasteiger partial charge in [0.1, 0.15) is 11.3 Å². The van der Waals surface area contributed by atoms with E-state index < -0.39 is 0 Å². The van der Waals surface area contributed by atoms with E-state index in [2.05, 4.69) is 46.1 Å². The number of amides is 1. The largest absolute Gasteiger partial charge is 0.493 e. The summed E-state index contributed by atoms with van der Waals surface area (Å²) in [5.41, 5.74) is 5.67. The van der Waals surface area contributed by atoms with Crippen LogP contribution in [0, 0.1) is 6.92 Å². The second kappa shape index (κ2) is 9.51. The van der Waals surface area contributed by atoms with Crippen molar-refractivity contribution >= 4 is 38.4 Å². The summed E-state index contributed by atoms with van der Waals surface area (Å²) in [6.07, 6.45) is 3.54. The number of carbonyl (C=O) groups is 1. The topological polar surface area (TPSA) is 45.9 Å². The van der Waals surface area contributed by atoms with Crippen molar-refractivity contribution in [3.8, 4) is 16.9 Å². The highest BCUT2D eigenvalue weighted by molar-refractivity contribution is 9.10. The van der Waals surface area contributed by atoms with E-state index in [1.165, 1.54) is 0 Å². The average Bonchev–Trinajstić information content (AvgIpc) is 3.20. The van der Waals surface area contributed by atoms with Crippen LogP contribution in [0.15, 0.2) is 51.6 Å². The Balaban J connectivity index is 1.79. The first kappa shape index (κ1) is 22.6. The molecule has 2 heterocycles. The summed E-state index contributed by atoms with van der Waals surface area (Å²) in [5.74, 6) is 0.824. The highest BCUT2D eigenvalue weighted by Gasteiger charge is 2.21. The van der Waals surface area contributed by atoms with Gasteiger partial charge in [-0.2, -0.15) is 0 Å². The number of piperazine rings is 1. The van der Waals surface area contributed by atoms with Gasteiger partial charge in [-0.3, -0.25) is 4.79 Å². The van der Waals surface area contributed by atoms with Gasteiger partial charge < -0.3 is 19.0 Å². The highest BCUT2D eigenvalue weighted by atomic mass is 79.9. The van der Waals surface area contributed by atoms with Crippen LogP contribution in [0.1, 0.15) is 25.0 Å². The summed E-state index contributed by atoms with van der Waals surface area (Å²) in [5, 5.41) is 1.01. The molecule has 2 aromatic carbocycles. The van der Waals surface area contributed by atoms with Crippen LogP contribution in [0.2, 0.25) is 0 Å². The van der Waals surface area contributed by atoms with Crippen molar-refractivity contribution < 1.29 is 13.9 Å². The lowest BCUT2D eigenvalue weighted by atomic mass is 9.96. The van der Waals surface area contributed by atoms with Crippen molar-refractivity contribution in [1.29, 1.82) is 0 Å². The smallest absolute Gasteiger partial charge is 0.246 e. The predicted molar refractivity (Wildman–Crippen MR) is 133 cm³/mol. The minimum atomic E-state index is 0.0511. The summed E-state index contributed by atoms with van der Waals surface area (Å²) in [6, 6.07) is 10.3. The number of carbonyl (C=O) groups excluding carboxylic acids is 1. The fourth-order valence-corrected chi connectivity index (χ4v) is 4.60. The molecule has 0 bridgehead atoms. The van der Waals surface area contributed by atoms with Gasteiger partial charge in [0.15, 0.2) is 0 Å². The van der Waals surface area contributed by atoms with Gasteiger partial charge in [-0.05, 0) is 57.2 Å². The Morgan fingerprint density at radius 3 is 2.66 bits per heavy atom. The van der Waals surface area contributed by atoms with Gasteiger partial charge in [0.2, 0.25) is 5.91 Å². The van der Waals surface area contributed by atoms with Gasteiger partial charge in [0.05, 0.1) is 12.9 Å². The molecule has 1 fully saturated rings. The lowest BCUT2D eigenvalue weighted by Gasteiger charge is -2.31. The maximum atomic E-state index is 12.9. The van der Waals surface area contributed by atoms with Gasteiger partial charge in [-0.1, -0.05) is 28.1 Å². The average molecular weight is 497 g/mol. The number of benzene rings is 2. The molecule has 1 aliphatic heterocycles. The quantitative estimate of drug-likeness (QED) is 0.422. The molecule has 6 heteroatoms. The van der Waals surface area contributed by atoms with E-state index in [9.17, 15) is 4.79 Å². The fourth-order valence-electron chi connectivity index (χ4n) is 4.20. The monoisotopic (exact) mass is 496 g/mol. The number of furan rings is 1. The van der Waals surface area contributed by atoms with Crippen LogP contribution in [0.25, 0.3) is 27.7 Å². The van der Waals surface area contributed by atoms with Crippen LogP contribution in [0.3, 0.4) is 0 Å². The third-order valence-corrected chi connectivity index (χ3v) is 6.54. The lowest BCUT2D eigenvalue weighted by molar-refractivity contribution is -0.127. The van der Waals surface area contributed by atoms with E-state index in [1.54, 1.807) is 12.3 Å². The van der Waals surface area contributed by atoms with Crippen molar-refractivity contribution in [3.63, 3.8) is 0 Å². The van der Waals surface area contributed by atoms with Crippen molar-refractivity contribution in [3.05, 3.63) is 58.3 Å². The molecule has 0 aliphatic carbocycles. The summed E-state index contributed by atoms with van der Waals surface area (Å²) in [7, 11) is 2.09. The zero-order valence-electron chi connectivity index (χ0n) is 19.1. The van der Waals surface area contributed by atoms with Crippen LogP contribution in [0.5, 0.6) is 5.75 Å². The van der Waals surface area contributed by atoms with Gasteiger partial charge in [-0.25, -0.2) is 0 Å². The zero-order valence-corrected chi connectivity index (χ0v) is 20.7. The first-order valence-corrected chi connectivity index (χ1v) is 11.8. The number of allylic oxidation sites excluding steroid dienone is 1. The van der Waals surface area contributed by atoms with Crippen LogP contribution >= 0.6 is 15.9 Å². The fraction of sp³-hybridized carbons (Fsp3) is 0.346. The summed E-state index contributed by atoms with van der Waals surface area (Å²) < 4.78 is 13.0. The first-order chi connectivity index (χ1) is 15.4. The number of likely N-dealkylation sites (N-methyl/N-ethyl adjacent to an activating group) is 1. The molecule has 1 aromatic heterocycles. The van der Waals surface area contributed by atoms with Crippen LogP contribution in [0.4, 0.5) is 0 Å². The number of rotatable bonds is 5. The Kier molecular flexibility index (Phi) is 6.72. The van der Waals surface area contributed by atoms with Crippen LogP contribution in [-0.4, -0.2) is 55.5 Å². The van der Waals surface area contributed by atoms with E-state index in [-0.39, 0.29) is 5.91 Å². The van der Waals surface area contributed by atoms with E-state index in [0.717, 1.165) is 75.2 Å². The predicted octanol–water partition coefficient (Wildman–Crippen LogP) is 5.75. The minimum absolute atomic E-state index is 0.0511. The molecule has 0 radical (unpaired) electrons. The van der Waals surface area contributed by atoms with Gasteiger partial charge >= 0.3 is 0 Å². The molecular weight excluding hydrogens is 468 g/mol. The van der Waals surface area contributed by atoms with Crippen molar-refractivity contribution in [1.82, 2.24) is 9.80 Å². The number of fused-ring (bicyclic) bond motifs is 1. The molecule has 1 amide bonds. The third kappa shape index (κ3) is 4.48. The summed E-state index contributed by atoms with van der Waals surface area (Å²) in [4.78, 5) is 17.1. The van der Waals surface area contributed by atoms with Crippen LogP contribution in [-0.2, 0) is 4.79 Å². The Bertz CT molecular complexity index is 1170. The molecule has 0 unspecified atom stereocenters. The standard InChI is InChI=1S/C26H29BrN2O3/c1-5-31-25-18(3)26-22(23(16-32-26)19-7-6-8-20(27)14-19)15-21(25)17(2)13-24(30)29-11-9-28(4)10-12-29/h6-8,13-16H,5,9-12H2,1-4H3/b17-13+. The molecule has 4 rings (SSSR count). The number of aryl methyl sites for hydroxylation is 1. The Morgan fingerprint density at radius 1 is 1.22 bits per heavy atom. The molecule has 1 aliphatic rings. The summed E-state index contributed by atoms with van der Waals surface area (Å²) >= 11 is 3.56. The Labute approximate surface area is 197 Å². The summed E-state index contributed by atoms with van der Waals surface area (Å²) in [6.45, 7) is 9.82. The highest BCUT2D eigenvalue weighted by Crippen LogP contribution is 2.41. The van der Waals surface area contributed by atoms with Gasteiger partial charge in [-0.15, -0.1) is 0 Å². The number of ether oxygens (including phenoxy) is 1. The molecule has 168 valence electrons. The van der Waals surface area contributed by atoms with E-state index in [4.69, 9.17) is 9.15 Å². The first-order valence-electron chi connectivity index (χ1n) is 11.0. The number of halogens is 1. The molecule has 5 nitrogen and oxygen atoms in total. The Morgan fingerprint density at radius 2 is 1.97 bits per heavy atom. The van der Waals surface area contributed by atoms with Crippen molar-refractivity contribution in [2.75, 3.05) is 39.8 Å². The zero-order chi connectivity index (χ0) is 22.8. The van der Waals surface area contributed by atoms with Gasteiger partial charge in [0, 0.05) is 58.8 Å². The van der Waals surface area contributed by atoms with E-state index >= 15 is 0 Å². The van der Waals surface area contributed by atoms with Crippen LogP contribution < -0.4 is 4.74 Å². The third-order valence-electron chi connectivity index (χ3n) is 6.05. The van der Waals surface area contributed by atoms with E-state index in [1.807, 2.05) is 37.8 Å². The molecule has 0 atom stereocenters.